The molecule has 0 saturated carbocycles. The molecule has 0 bridgehead atoms. The number of nitrogen functional groups attached to an aromatic ring is 2. The highest BCUT2D eigenvalue weighted by Gasteiger charge is 2.19. The van der Waals surface area contributed by atoms with E-state index in [1.165, 1.54) is 45.6 Å². The van der Waals surface area contributed by atoms with E-state index in [-0.39, 0.29) is 50.5 Å². The number of hydrogen-bond acceptors (Lipinski definition) is 11. The molecule has 14 heteroatoms. The third-order valence-electron chi connectivity index (χ3n) is 3.75. The summed E-state index contributed by atoms with van der Waals surface area (Å²) in [5.74, 6) is -2.10. The summed E-state index contributed by atoms with van der Waals surface area (Å²) in [4.78, 5) is 37.4. The highest BCUT2D eigenvalue weighted by Crippen LogP contribution is 2.33. The molecule has 0 atom stereocenters. The highest BCUT2D eigenvalue weighted by atomic mass is 35.5. The van der Waals surface area contributed by atoms with Gasteiger partial charge in [0.1, 0.15) is 11.6 Å². The number of nitrogens with two attached hydrogens (primary N) is 2. The second kappa shape index (κ2) is 11.2. The van der Waals surface area contributed by atoms with Crippen molar-refractivity contribution >= 4 is 46.8 Å². The minimum absolute atomic E-state index is 0.00806. The zero-order valence-electron chi connectivity index (χ0n) is 17.4. The van der Waals surface area contributed by atoms with Gasteiger partial charge in [0.15, 0.2) is 28.8 Å². The molecule has 0 radical (unpaired) electrons. The van der Waals surface area contributed by atoms with Gasteiger partial charge in [-0.05, 0) is 23.7 Å². The molecular formula is C19H17Cl2FN6O5. The van der Waals surface area contributed by atoms with Crippen molar-refractivity contribution in [3.05, 3.63) is 51.8 Å². The monoisotopic (exact) mass is 498 g/mol. The summed E-state index contributed by atoms with van der Waals surface area (Å²) in [5.41, 5.74) is 10.9. The zero-order chi connectivity index (χ0) is 24.7. The van der Waals surface area contributed by atoms with E-state index in [2.05, 4.69) is 29.4 Å². The van der Waals surface area contributed by atoms with Gasteiger partial charge >= 0.3 is 11.9 Å². The Hall–Kier alpha value is -3.77. The van der Waals surface area contributed by atoms with E-state index in [0.29, 0.717) is 0 Å². The fourth-order valence-electron chi connectivity index (χ4n) is 2.33. The van der Waals surface area contributed by atoms with Crippen LogP contribution in [-0.4, -0.2) is 53.2 Å². The van der Waals surface area contributed by atoms with Crippen molar-refractivity contribution in [3.63, 3.8) is 0 Å². The van der Waals surface area contributed by atoms with Gasteiger partial charge in [0.2, 0.25) is 5.28 Å². The number of carbonyl (C=O) groups excluding carboxylic acids is 2. The maximum absolute atomic E-state index is 14.3. The van der Waals surface area contributed by atoms with Crippen molar-refractivity contribution in [2.75, 3.05) is 32.8 Å². The number of halogens is 3. The van der Waals surface area contributed by atoms with Crippen LogP contribution < -0.4 is 16.2 Å². The van der Waals surface area contributed by atoms with E-state index in [1.807, 2.05) is 0 Å². The van der Waals surface area contributed by atoms with Crippen LogP contribution in [0.3, 0.4) is 0 Å². The SMILES string of the molecule is COC(=O)c1cc(N)nc(-c2ccc(Cl)c(OC)c2F)n1.COC(=O)c1cc(N)nc(Cl)n1. The van der Waals surface area contributed by atoms with E-state index in [4.69, 9.17) is 39.4 Å². The summed E-state index contributed by atoms with van der Waals surface area (Å²) in [5, 5.41) is 0.0336. The number of ether oxygens (including phenoxy) is 3. The molecule has 0 fully saturated rings. The molecule has 0 unspecified atom stereocenters. The molecule has 2 aromatic heterocycles. The third kappa shape index (κ3) is 6.37. The Labute approximate surface area is 196 Å². The molecule has 0 spiro atoms. The largest absolute Gasteiger partial charge is 0.492 e. The molecule has 0 aliphatic heterocycles. The molecule has 0 amide bonds. The first-order valence-electron chi connectivity index (χ1n) is 8.74. The molecule has 4 N–H and O–H groups in total. The fourth-order valence-corrected chi connectivity index (χ4v) is 2.74. The Morgan fingerprint density at radius 3 is 1.94 bits per heavy atom. The third-order valence-corrected chi connectivity index (χ3v) is 4.21. The number of benzene rings is 1. The predicted octanol–water partition coefficient (Wildman–Crippen LogP) is 2.81. The van der Waals surface area contributed by atoms with Crippen LogP contribution in [0.15, 0.2) is 24.3 Å². The summed E-state index contributed by atoms with van der Waals surface area (Å²) < 4.78 is 28.2. The number of hydrogen-bond donors (Lipinski definition) is 2. The van der Waals surface area contributed by atoms with Gasteiger partial charge in [-0.3, -0.25) is 0 Å². The highest BCUT2D eigenvalue weighted by molar-refractivity contribution is 6.32. The van der Waals surface area contributed by atoms with Crippen LogP contribution >= 0.6 is 23.2 Å². The number of anilines is 2. The van der Waals surface area contributed by atoms with E-state index in [1.54, 1.807) is 0 Å². The molecule has 174 valence electrons. The second-order valence-electron chi connectivity index (χ2n) is 5.87. The average Bonchev–Trinajstić information content (AvgIpc) is 2.77. The summed E-state index contributed by atoms with van der Waals surface area (Å²) in [6, 6.07) is 5.33. The summed E-state index contributed by atoms with van der Waals surface area (Å²) in [7, 11) is 3.73. The lowest BCUT2D eigenvalue weighted by molar-refractivity contribution is 0.0585. The van der Waals surface area contributed by atoms with Crippen LogP contribution in [-0.2, 0) is 9.47 Å². The minimum atomic E-state index is -0.744. The van der Waals surface area contributed by atoms with Gasteiger partial charge in [0.05, 0.1) is 31.9 Å². The molecule has 1 aromatic carbocycles. The molecule has 0 saturated heterocycles. The second-order valence-corrected chi connectivity index (χ2v) is 6.62. The fraction of sp³-hybridized carbons (Fsp3) is 0.158. The van der Waals surface area contributed by atoms with Gasteiger partial charge in [-0.2, -0.15) is 0 Å². The Balaban J connectivity index is 0.000000273. The minimum Gasteiger partial charge on any atom is -0.492 e. The zero-order valence-corrected chi connectivity index (χ0v) is 18.9. The molecule has 3 rings (SSSR count). The van der Waals surface area contributed by atoms with Crippen LogP contribution in [0.1, 0.15) is 21.0 Å². The van der Waals surface area contributed by atoms with Crippen molar-refractivity contribution in [1.82, 2.24) is 19.9 Å². The van der Waals surface area contributed by atoms with Crippen molar-refractivity contribution in [2.24, 2.45) is 0 Å². The molecule has 2 heterocycles. The molecule has 0 aliphatic carbocycles. The number of aromatic nitrogens is 4. The molecule has 33 heavy (non-hydrogen) atoms. The van der Waals surface area contributed by atoms with Gasteiger partial charge in [0.25, 0.3) is 0 Å². The summed E-state index contributed by atoms with van der Waals surface area (Å²) >= 11 is 11.3. The number of esters is 2. The topological polar surface area (TPSA) is 165 Å². The van der Waals surface area contributed by atoms with Gasteiger partial charge in [-0.25, -0.2) is 33.9 Å². The predicted molar refractivity (Wildman–Crippen MR) is 118 cm³/mol. The van der Waals surface area contributed by atoms with Crippen LogP contribution in [0.25, 0.3) is 11.4 Å². The number of methoxy groups -OCH3 is 3. The van der Waals surface area contributed by atoms with Gasteiger partial charge in [-0.15, -0.1) is 0 Å². The Morgan fingerprint density at radius 2 is 1.42 bits per heavy atom. The van der Waals surface area contributed by atoms with Crippen LogP contribution in [0.2, 0.25) is 10.3 Å². The Kier molecular flexibility index (Phi) is 8.65. The standard InChI is InChI=1S/C13H11ClFN3O3.C6H6ClN3O2/c1-20-11-7(14)4-3-6(10(11)15)12-17-8(13(19)21-2)5-9(16)18-12;1-12-5(11)3-2-4(8)10-6(7)9-3/h3-5H,1-2H3,(H2,16,17,18);2H,1H3,(H2,8,9,10). The summed E-state index contributed by atoms with van der Waals surface area (Å²) in [6.07, 6.45) is 0. The average molecular weight is 499 g/mol. The first-order chi connectivity index (χ1) is 15.6. The van der Waals surface area contributed by atoms with E-state index in [0.717, 1.165) is 0 Å². The first-order valence-corrected chi connectivity index (χ1v) is 9.50. The number of carbonyl (C=O) groups is 2. The quantitative estimate of drug-likeness (QED) is 0.400. The molecule has 0 aliphatic rings. The van der Waals surface area contributed by atoms with Gasteiger partial charge in [-0.1, -0.05) is 11.6 Å². The summed E-state index contributed by atoms with van der Waals surface area (Å²) in [6.45, 7) is 0. The van der Waals surface area contributed by atoms with Crippen LogP contribution in [0, 0.1) is 5.82 Å². The lowest BCUT2D eigenvalue weighted by atomic mass is 10.1. The molecule has 3 aromatic rings. The van der Waals surface area contributed by atoms with Gasteiger partial charge < -0.3 is 25.7 Å². The molecule has 11 nitrogen and oxygen atoms in total. The van der Waals surface area contributed by atoms with Crippen LogP contribution in [0.5, 0.6) is 5.75 Å². The maximum Gasteiger partial charge on any atom is 0.356 e. The van der Waals surface area contributed by atoms with E-state index < -0.39 is 17.8 Å². The van der Waals surface area contributed by atoms with Crippen LogP contribution in [0.4, 0.5) is 16.0 Å². The normalized spacial score (nSPS) is 10.0. The molecular weight excluding hydrogens is 482 g/mol. The Bertz CT molecular complexity index is 1180. The number of rotatable bonds is 4. The smallest absolute Gasteiger partial charge is 0.356 e. The van der Waals surface area contributed by atoms with Crippen molar-refractivity contribution in [2.45, 2.75) is 0 Å². The van der Waals surface area contributed by atoms with Crippen molar-refractivity contribution in [3.8, 4) is 17.1 Å². The van der Waals surface area contributed by atoms with Crippen molar-refractivity contribution in [1.29, 1.82) is 0 Å². The van der Waals surface area contributed by atoms with Gasteiger partial charge in [0, 0.05) is 12.1 Å². The lowest BCUT2D eigenvalue weighted by Gasteiger charge is -2.09. The first kappa shape index (κ1) is 25.5. The number of nitrogens with zero attached hydrogens (tertiary/aromatic N) is 4. The Morgan fingerprint density at radius 1 is 0.879 bits per heavy atom. The lowest BCUT2D eigenvalue weighted by Crippen LogP contribution is -2.08. The van der Waals surface area contributed by atoms with Crippen molar-refractivity contribution < 1.29 is 28.2 Å². The maximum atomic E-state index is 14.3. The van der Waals surface area contributed by atoms with E-state index in [9.17, 15) is 14.0 Å². The van der Waals surface area contributed by atoms with E-state index >= 15 is 0 Å².